The Balaban J connectivity index is 1.97. The van der Waals surface area contributed by atoms with E-state index in [0.717, 1.165) is 5.56 Å². The first-order valence-corrected chi connectivity index (χ1v) is 7.82. The molecular weight excluding hydrogens is 326 g/mol. The van der Waals surface area contributed by atoms with Gasteiger partial charge in [-0.3, -0.25) is 9.63 Å². The van der Waals surface area contributed by atoms with Crippen LogP contribution in [0.15, 0.2) is 53.1 Å². The molecule has 0 saturated carbocycles. The molecule has 3 atom stereocenters. The molecule has 0 radical (unpaired) electrons. The highest BCUT2D eigenvalue weighted by atomic mass is 16.7. The lowest BCUT2D eigenvalue weighted by atomic mass is 9.92. The molecule has 25 heavy (non-hydrogen) atoms. The Morgan fingerprint density at radius 1 is 1.04 bits per heavy atom. The molecule has 7 heteroatoms. The van der Waals surface area contributed by atoms with Crippen molar-refractivity contribution in [3.63, 3.8) is 0 Å². The molecule has 0 aliphatic carbocycles. The molecule has 0 amide bonds. The molecule has 3 unspecified atom stereocenters. The highest BCUT2D eigenvalue weighted by molar-refractivity contribution is 5.85. The first-order valence-electron chi connectivity index (χ1n) is 7.82. The highest BCUT2D eigenvalue weighted by Gasteiger charge is 2.53. The van der Waals surface area contributed by atoms with Gasteiger partial charge in [-0.05, 0) is 17.7 Å². The molecule has 2 aromatic rings. The maximum Gasteiger partial charge on any atom is 0.338 e. The van der Waals surface area contributed by atoms with Crippen LogP contribution in [-0.2, 0) is 30.4 Å². The van der Waals surface area contributed by atoms with Crippen molar-refractivity contribution >= 4 is 11.9 Å². The number of nitrogens with zero attached hydrogens (tertiary/aromatic N) is 1. The van der Waals surface area contributed by atoms with E-state index in [4.69, 9.17) is 18.7 Å². The fourth-order valence-corrected chi connectivity index (χ4v) is 2.99. The van der Waals surface area contributed by atoms with Crippen molar-refractivity contribution in [3.05, 3.63) is 60.1 Å². The van der Waals surface area contributed by atoms with E-state index in [9.17, 15) is 9.59 Å². The van der Waals surface area contributed by atoms with Gasteiger partial charge < -0.3 is 13.9 Å². The van der Waals surface area contributed by atoms with E-state index in [1.165, 1.54) is 20.5 Å². The molecule has 1 aliphatic heterocycles. The zero-order valence-electron chi connectivity index (χ0n) is 14.0. The Labute approximate surface area is 145 Å². The summed E-state index contributed by atoms with van der Waals surface area (Å²) in [7, 11) is 2.53. The monoisotopic (exact) mass is 345 g/mol. The summed E-state index contributed by atoms with van der Waals surface area (Å²) in [6, 6.07) is 12.4. The minimum atomic E-state index is -1.10. The van der Waals surface area contributed by atoms with E-state index in [-0.39, 0.29) is 0 Å². The summed E-state index contributed by atoms with van der Waals surface area (Å²) in [6.45, 7) is 0.368. The lowest BCUT2D eigenvalue weighted by Gasteiger charge is -2.22. The third-order valence-electron chi connectivity index (χ3n) is 4.15. The Hall–Kier alpha value is -2.64. The molecule has 1 aliphatic rings. The fourth-order valence-electron chi connectivity index (χ4n) is 2.99. The molecule has 0 bridgehead atoms. The first kappa shape index (κ1) is 17.2. The van der Waals surface area contributed by atoms with Crippen molar-refractivity contribution in [3.8, 4) is 0 Å². The molecule has 2 heterocycles. The van der Waals surface area contributed by atoms with E-state index in [2.05, 4.69) is 0 Å². The number of esters is 2. The topological polar surface area (TPSA) is 78.2 Å². The van der Waals surface area contributed by atoms with E-state index < -0.39 is 30.0 Å². The van der Waals surface area contributed by atoms with Crippen molar-refractivity contribution in [2.75, 3.05) is 14.2 Å². The summed E-state index contributed by atoms with van der Waals surface area (Å²) >= 11 is 0. The van der Waals surface area contributed by atoms with Crippen molar-refractivity contribution < 1.29 is 28.3 Å². The van der Waals surface area contributed by atoms with Crippen LogP contribution in [0.1, 0.15) is 17.4 Å². The van der Waals surface area contributed by atoms with Crippen molar-refractivity contribution in [1.29, 1.82) is 0 Å². The number of methoxy groups -OCH3 is 2. The molecule has 3 rings (SSSR count). The maximum atomic E-state index is 12.4. The van der Waals surface area contributed by atoms with Gasteiger partial charge in [0.15, 0.2) is 6.10 Å². The molecule has 132 valence electrons. The normalized spacial score (nSPS) is 23.4. The van der Waals surface area contributed by atoms with E-state index >= 15 is 0 Å². The summed E-state index contributed by atoms with van der Waals surface area (Å²) in [4.78, 5) is 30.3. The quantitative estimate of drug-likeness (QED) is 0.768. The number of ether oxygens (including phenoxy) is 2. The van der Waals surface area contributed by atoms with Gasteiger partial charge in [-0.1, -0.05) is 30.3 Å². The maximum absolute atomic E-state index is 12.4. The van der Waals surface area contributed by atoms with Crippen molar-refractivity contribution in [2.24, 2.45) is 5.92 Å². The van der Waals surface area contributed by atoms with Crippen LogP contribution in [0.5, 0.6) is 0 Å². The second-order valence-electron chi connectivity index (χ2n) is 5.62. The van der Waals surface area contributed by atoms with Crippen molar-refractivity contribution in [1.82, 2.24) is 5.06 Å². The highest BCUT2D eigenvalue weighted by Crippen LogP contribution is 2.41. The number of carbonyl (C=O) groups excluding carboxylic acids is 2. The van der Waals surface area contributed by atoms with Gasteiger partial charge in [0.25, 0.3) is 0 Å². The standard InChI is InChI=1S/C18H19NO6/c1-22-17(20)14-15(13-9-6-10-24-13)19(25-16(14)18(21)23-2)11-12-7-4-3-5-8-12/h3-10,14-16H,11H2,1-2H3. The average Bonchev–Trinajstić information content (AvgIpc) is 3.28. The van der Waals surface area contributed by atoms with Crippen LogP contribution < -0.4 is 0 Å². The molecule has 0 N–H and O–H groups in total. The number of hydroxylamine groups is 2. The molecule has 7 nitrogen and oxygen atoms in total. The van der Waals surface area contributed by atoms with Crippen LogP contribution in [0, 0.1) is 5.92 Å². The van der Waals surface area contributed by atoms with Gasteiger partial charge in [0.05, 0.1) is 20.5 Å². The summed E-state index contributed by atoms with van der Waals surface area (Å²) in [5.41, 5.74) is 0.966. The Morgan fingerprint density at radius 3 is 2.36 bits per heavy atom. The predicted molar refractivity (Wildman–Crippen MR) is 85.8 cm³/mol. The molecule has 1 fully saturated rings. The first-order chi connectivity index (χ1) is 12.2. The predicted octanol–water partition coefficient (Wildman–Crippen LogP) is 2.10. The summed E-state index contributed by atoms with van der Waals surface area (Å²) in [6.07, 6.45) is 0.409. The number of carbonyl (C=O) groups is 2. The van der Waals surface area contributed by atoms with Gasteiger partial charge in [0, 0.05) is 6.54 Å². The van der Waals surface area contributed by atoms with Crippen LogP contribution in [-0.4, -0.2) is 37.3 Å². The molecule has 1 aromatic heterocycles. The second-order valence-corrected chi connectivity index (χ2v) is 5.62. The molecule has 0 spiro atoms. The molecule has 1 saturated heterocycles. The van der Waals surface area contributed by atoms with Crippen molar-refractivity contribution in [2.45, 2.75) is 18.7 Å². The van der Waals surface area contributed by atoms with Crippen LogP contribution in [0.25, 0.3) is 0 Å². The summed E-state index contributed by atoms with van der Waals surface area (Å²) in [5.74, 6) is -1.58. The molecular formula is C18H19NO6. The third-order valence-corrected chi connectivity index (χ3v) is 4.15. The SMILES string of the molecule is COC(=O)C1ON(Cc2ccccc2)C(c2ccco2)C1C(=O)OC. The van der Waals surface area contributed by atoms with Crippen LogP contribution in [0.2, 0.25) is 0 Å². The zero-order valence-corrected chi connectivity index (χ0v) is 14.0. The Morgan fingerprint density at radius 2 is 1.76 bits per heavy atom. The zero-order chi connectivity index (χ0) is 17.8. The van der Waals surface area contributed by atoms with E-state index in [0.29, 0.717) is 12.3 Å². The molecule has 1 aromatic carbocycles. The lowest BCUT2D eigenvalue weighted by Crippen LogP contribution is -2.35. The van der Waals surface area contributed by atoms with Gasteiger partial charge in [-0.15, -0.1) is 0 Å². The minimum absolute atomic E-state index is 0.368. The van der Waals surface area contributed by atoms with Gasteiger partial charge in [0.1, 0.15) is 17.7 Å². The Kier molecular flexibility index (Phi) is 5.16. The van der Waals surface area contributed by atoms with Crippen LogP contribution in [0.4, 0.5) is 0 Å². The van der Waals surface area contributed by atoms with Gasteiger partial charge >= 0.3 is 11.9 Å². The van der Waals surface area contributed by atoms with E-state index in [1.807, 2.05) is 30.3 Å². The van der Waals surface area contributed by atoms with Crippen LogP contribution >= 0.6 is 0 Å². The van der Waals surface area contributed by atoms with Gasteiger partial charge in [0.2, 0.25) is 0 Å². The van der Waals surface area contributed by atoms with Gasteiger partial charge in [-0.2, -0.15) is 5.06 Å². The second kappa shape index (κ2) is 7.50. The smallest absolute Gasteiger partial charge is 0.338 e. The summed E-state index contributed by atoms with van der Waals surface area (Å²) < 4.78 is 15.2. The third kappa shape index (κ3) is 3.42. The number of hydrogen-bond donors (Lipinski definition) is 0. The fraction of sp³-hybridized carbons (Fsp3) is 0.333. The van der Waals surface area contributed by atoms with Gasteiger partial charge in [-0.25, -0.2) is 4.79 Å². The number of benzene rings is 1. The van der Waals surface area contributed by atoms with Crippen LogP contribution in [0.3, 0.4) is 0 Å². The summed E-state index contributed by atoms with van der Waals surface area (Å²) in [5, 5.41) is 1.57. The number of rotatable bonds is 5. The largest absolute Gasteiger partial charge is 0.469 e. The minimum Gasteiger partial charge on any atom is -0.469 e. The number of hydrogen-bond acceptors (Lipinski definition) is 7. The average molecular weight is 345 g/mol. The number of furan rings is 1. The Bertz CT molecular complexity index is 714. The lowest BCUT2D eigenvalue weighted by molar-refractivity contribution is -0.194. The van der Waals surface area contributed by atoms with E-state index in [1.54, 1.807) is 17.2 Å².